The molecule has 4 aromatic rings. The summed E-state index contributed by atoms with van der Waals surface area (Å²) in [5.41, 5.74) is 3.23. The maximum absolute atomic E-state index is 12.6. The van der Waals surface area contributed by atoms with Crippen molar-refractivity contribution in [2.75, 3.05) is 16.4 Å². The zero-order chi connectivity index (χ0) is 23.2. The second-order valence-electron chi connectivity index (χ2n) is 6.90. The van der Waals surface area contributed by atoms with Gasteiger partial charge in [-0.3, -0.25) is 9.59 Å². The van der Waals surface area contributed by atoms with E-state index in [1.807, 2.05) is 41.1 Å². The molecule has 3 aromatic heterocycles. The summed E-state index contributed by atoms with van der Waals surface area (Å²) in [5, 5.41) is 19.9. The summed E-state index contributed by atoms with van der Waals surface area (Å²) in [6, 6.07) is 19.0. The molecule has 164 valence electrons. The molecule has 0 aliphatic heterocycles. The third kappa shape index (κ3) is 5.68. The third-order valence-corrected chi connectivity index (χ3v) is 7.24. The number of carbonyl (C=O) groups is 2. The molecule has 2 amide bonds. The van der Waals surface area contributed by atoms with Crippen molar-refractivity contribution < 1.29 is 9.59 Å². The predicted molar refractivity (Wildman–Crippen MR) is 136 cm³/mol. The fraction of sp³-hybridized carbons (Fsp3) is 0.0833. The molecule has 6 nitrogen and oxygen atoms in total. The number of nitrogens with one attached hydrogen (secondary N) is 2. The molecule has 9 heteroatoms. The highest BCUT2D eigenvalue weighted by molar-refractivity contribution is 8.00. The highest BCUT2D eigenvalue weighted by Crippen LogP contribution is 2.37. The highest BCUT2D eigenvalue weighted by Gasteiger charge is 2.18. The van der Waals surface area contributed by atoms with Crippen LogP contribution in [0.1, 0.15) is 12.5 Å². The van der Waals surface area contributed by atoms with Crippen LogP contribution in [0.15, 0.2) is 70.4 Å². The number of hydrogen-bond donors (Lipinski definition) is 2. The van der Waals surface area contributed by atoms with Crippen LogP contribution in [0, 0.1) is 11.3 Å². The van der Waals surface area contributed by atoms with E-state index in [4.69, 9.17) is 4.98 Å². The van der Waals surface area contributed by atoms with E-state index in [0.717, 1.165) is 21.0 Å². The van der Waals surface area contributed by atoms with Gasteiger partial charge in [0.1, 0.15) is 11.1 Å². The molecule has 0 aliphatic carbocycles. The minimum atomic E-state index is -0.232. The summed E-state index contributed by atoms with van der Waals surface area (Å²) >= 11 is 4.36. The Morgan fingerprint density at radius 2 is 1.70 bits per heavy atom. The molecule has 4 rings (SSSR count). The Hall–Kier alpha value is -3.45. The number of aromatic nitrogens is 1. The fourth-order valence-corrected chi connectivity index (χ4v) is 5.36. The molecular weight excluding hydrogens is 472 g/mol. The number of thiophene rings is 2. The lowest BCUT2D eigenvalue weighted by atomic mass is 10.1. The number of hydrogen-bond acceptors (Lipinski definition) is 7. The lowest BCUT2D eigenvalue weighted by Gasteiger charge is -2.11. The van der Waals surface area contributed by atoms with Gasteiger partial charge in [-0.2, -0.15) is 5.26 Å². The average molecular weight is 491 g/mol. The van der Waals surface area contributed by atoms with Crippen LogP contribution in [0.5, 0.6) is 0 Å². The van der Waals surface area contributed by atoms with Crippen LogP contribution >= 0.6 is 34.4 Å². The first-order valence-electron chi connectivity index (χ1n) is 9.86. The molecule has 2 N–H and O–H groups in total. The monoisotopic (exact) mass is 490 g/mol. The number of pyridine rings is 1. The minimum Gasteiger partial charge on any atom is -0.326 e. The molecule has 0 atom stereocenters. The summed E-state index contributed by atoms with van der Waals surface area (Å²) in [6.45, 7) is 1.43. The van der Waals surface area contributed by atoms with E-state index in [1.54, 1.807) is 46.9 Å². The van der Waals surface area contributed by atoms with Crippen molar-refractivity contribution in [3.8, 4) is 27.1 Å². The number of benzene rings is 1. The minimum absolute atomic E-state index is 0.0871. The van der Waals surface area contributed by atoms with Crippen LogP contribution in [0.2, 0.25) is 0 Å². The standard InChI is InChI=1S/C24H18N4O2S3/c1-15(29)26-16-5-2-6-17(11-16)27-23(30)14-33-24-19(13-25)18(21-7-3-9-31-21)12-20(28-24)22-8-4-10-32-22/h2-12H,14H2,1H3,(H,26,29)(H,27,30). The number of thioether (sulfide) groups is 1. The van der Waals surface area contributed by atoms with Crippen LogP contribution in [0.25, 0.3) is 21.0 Å². The van der Waals surface area contributed by atoms with Crippen molar-refractivity contribution in [3.05, 3.63) is 70.9 Å². The number of rotatable bonds is 7. The Kier molecular flexibility index (Phi) is 7.19. The van der Waals surface area contributed by atoms with E-state index in [0.29, 0.717) is 22.0 Å². The first-order valence-corrected chi connectivity index (χ1v) is 12.6. The lowest BCUT2D eigenvalue weighted by molar-refractivity contribution is -0.114. The number of anilines is 2. The second-order valence-corrected chi connectivity index (χ2v) is 9.76. The summed E-state index contributed by atoms with van der Waals surface area (Å²) < 4.78 is 0. The van der Waals surface area contributed by atoms with Gasteiger partial charge in [-0.15, -0.1) is 22.7 Å². The normalized spacial score (nSPS) is 10.4. The van der Waals surface area contributed by atoms with Gasteiger partial charge in [-0.05, 0) is 47.2 Å². The largest absolute Gasteiger partial charge is 0.326 e. The van der Waals surface area contributed by atoms with Crippen molar-refractivity contribution in [1.29, 1.82) is 5.26 Å². The Morgan fingerprint density at radius 3 is 2.33 bits per heavy atom. The maximum atomic E-state index is 12.6. The van der Waals surface area contributed by atoms with E-state index < -0.39 is 0 Å². The third-order valence-electron chi connectivity index (χ3n) is 4.46. The Morgan fingerprint density at radius 1 is 1.00 bits per heavy atom. The Bertz CT molecular complexity index is 1330. The summed E-state index contributed by atoms with van der Waals surface area (Å²) in [7, 11) is 0. The van der Waals surface area contributed by atoms with Gasteiger partial charge >= 0.3 is 0 Å². The number of amides is 2. The second kappa shape index (κ2) is 10.4. The molecule has 0 aliphatic rings. The molecule has 3 heterocycles. The molecule has 0 fully saturated rings. The van der Waals surface area contributed by atoms with E-state index >= 15 is 0 Å². The van der Waals surface area contributed by atoms with Crippen molar-refractivity contribution in [1.82, 2.24) is 4.98 Å². The molecule has 0 radical (unpaired) electrons. The molecular formula is C24H18N4O2S3. The van der Waals surface area contributed by atoms with Gasteiger partial charge in [-0.25, -0.2) is 4.98 Å². The summed E-state index contributed by atoms with van der Waals surface area (Å²) in [6.07, 6.45) is 0. The molecule has 0 unspecified atom stereocenters. The van der Waals surface area contributed by atoms with E-state index in [2.05, 4.69) is 16.7 Å². The van der Waals surface area contributed by atoms with Crippen LogP contribution in [-0.4, -0.2) is 22.6 Å². The van der Waals surface area contributed by atoms with Gasteiger partial charge in [0, 0.05) is 28.7 Å². The first kappa shape index (κ1) is 22.7. The van der Waals surface area contributed by atoms with Crippen LogP contribution < -0.4 is 10.6 Å². The molecule has 0 bridgehead atoms. The molecule has 33 heavy (non-hydrogen) atoms. The SMILES string of the molecule is CC(=O)Nc1cccc(NC(=O)CSc2nc(-c3cccs3)cc(-c3cccs3)c2C#N)c1. The number of nitriles is 1. The summed E-state index contributed by atoms with van der Waals surface area (Å²) in [4.78, 5) is 30.6. The van der Waals surface area contributed by atoms with Gasteiger partial charge in [0.25, 0.3) is 0 Å². The van der Waals surface area contributed by atoms with Gasteiger partial charge in [-0.1, -0.05) is 30.0 Å². The topological polar surface area (TPSA) is 94.9 Å². The fourth-order valence-electron chi connectivity index (χ4n) is 3.12. The Balaban J connectivity index is 1.57. The van der Waals surface area contributed by atoms with E-state index in [-0.39, 0.29) is 17.6 Å². The van der Waals surface area contributed by atoms with Crippen molar-refractivity contribution in [2.24, 2.45) is 0 Å². The Labute approximate surface area is 203 Å². The molecule has 0 spiro atoms. The van der Waals surface area contributed by atoms with Gasteiger partial charge in [0.2, 0.25) is 11.8 Å². The summed E-state index contributed by atoms with van der Waals surface area (Å²) in [5.74, 6) is -0.328. The molecule has 0 saturated carbocycles. The van der Waals surface area contributed by atoms with Crippen LogP contribution in [-0.2, 0) is 9.59 Å². The lowest BCUT2D eigenvalue weighted by Crippen LogP contribution is -2.15. The zero-order valence-corrected chi connectivity index (χ0v) is 19.9. The van der Waals surface area contributed by atoms with E-state index in [9.17, 15) is 14.9 Å². The number of nitrogens with zero attached hydrogens (tertiary/aromatic N) is 2. The zero-order valence-electron chi connectivity index (χ0n) is 17.5. The van der Waals surface area contributed by atoms with Crippen molar-refractivity contribution >= 4 is 57.6 Å². The van der Waals surface area contributed by atoms with Crippen LogP contribution in [0.3, 0.4) is 0 Å². The highest BCUT2D eigenvalue weighted by atomic mass is 32.2. The molecule has 0 saturated heterocycles. The van der Waals surface area contributed by atoms with Gasteiger partial charge < -0.3 is 10.6 Å². The quantitative estimate of drug-likeness (QED) is 0.305. The van der Waals surface area contributed by atoms with Crippen molar-refractivity contribution in [2.45, 2.75) is 11.9 Å². The van der Waals surface area contributed by atoms with Crippen molar-refractivity contribution in [3.63, 3.8) is 0 Å². The first-order chi connectivity index (χ1) is 16.0. The van der Waals surface area contributed by atoms with Gasteiger partial charge in [0.05, 0.1) is 21.9 Å². The average Bonchev–Trinajstić information content (AvgIpc) is 3.51. The molecule has 1 aromatic carbocycles. The van der Waals surface area contributed by atoms with Gasteiger partial charge in [0.15, 0.2) is 0 Å². The smallest absolute Gasteiger partial charge is 0.234 e. The number of carbonyl (C=O) groups excluding carboxylic acids is 2. The van der Waals surface area contributed by atoms with E-state index in [1.165, 1.54) is 18.7 Å². The van der Waals surface area contributed by atoms with Crippen LogP contribution in [0.4, 0.5) is 11.4 Å². The maximum Gasteiger partial charge on any atom is 0.234 e. The predicted octanol–water partition coefficient (Wildman–Crippen LogP) is 6.10.